The molecule has 1 atom stereocenters. The maximum absolute atomic E-state index is 8.59. The summed E-state index contributed by atoms with van der Waals surface area (Å²) in [6, 6.07) is 0. The second kappa shape index (κ2) is 6.95. The molecule has 0 amide bonds. The number of aliphatic hydroxyl groups is 1. The van der Waals surface area contributed by atoms with Crippen molar-refractivity contribution in [3.8, 4) is 0 Å². The first-order valence-electron chi connectivity index (χ1n) is 3.39. The van der Waals surface area contributed by atoms with Crippen molar-refractivity contribution in [1.29, 1.82) is 0 Å². The first-order chi connectivity index (χ1) is 4.85. The monoisotopic (exact) mass is 149 g/mol. The molecule has 1 unspecified atom stereocenters. The molecule has 10 heavy (non-hydrogen) atoms. The predicted molar refractivity (Wildman–Crippen MR) is 37.5 cm³/mol. The van der Waals surface area contributed by atoms with Crippen LogP contribution in [0.4, 0.5) is 0 Å². The van der Waals surface area contributed by atoms with Crippen LogP contribution in [0.1, 0.15) is 6.92 Å². The van der Waals surface area contributed by atoms with Crippen LogP contribution in [0, 0.1) is 0 Å². The van der Waals surface area contributed by atoms with E-state index in [9.17, 15) is 0 Å². The minimum absolute atomic E-state index is 0.117. The molecule has 0 bridgehead atoms. The standard InChI is InChI=1S/C6H15NO3/c1-2-9-6(5-8)10-4-3-7/h6,8H,2-5,7H2,1H3. The topological polar surface area (TPSA) is 64.7 Å². The molecule has 0 aromatic heterocycles. The van der Waals surface area contributed by atoms with Gasteiger partial charge in [0.2, 0.25) is 0 Å². The molecule has 0 aromatic carbocycles. The van der Waals surface area contributed by atoms with E-state index < -0.39 is 6.29 Å². The molecule has 62 valence electrons. The summed E-state index contributed by atoms with van der Waals surface area (Å²) >= 11 is 0. The Bertz CT molecular complexity index is 70.0. The Kier molecular flexibility index (Phi) is 6.84. The van der Waals surface area contributed by atoms with Gasteiger partial charge in [0.15, 0.2) is 6.29 Å². The summed E-state index contributed by atoms with van der Waals surface area (Å²) in [6.45, 7) is 3.13. The lowest BCUT2D eigenvalue weighted by atomic mass is 10.6. The van der Waals surface area contributed by atoms with E-state index in [-0.39, 0.29) is 6.61 Å². The molecular formula is C6H15NO3. The fourth-order valence-corrected chi connectivity index (χ4v) is 0.539. The van der Waals surface area contributed by atoms with Crippen LogP contribution >= 0.6 is 0 Å². The zero-order valence-corrected chi connectivity index (χ0v) is 6.25. The Labute approximate surface area is 60.9 Å². The van der Waals surface area contributed by atoms with Crippen LogP contribution in [-0.4, -0.2) is 37.8 Å². The maximum atomic E-state index is 8.59. The minimum Gasteiger partial charge on any atom is -0.391 e. The van der Waals surface area contributed by atoms with Crippen molar-refractivity contribution >= 4 is 0 Å². The molecule has 4 heteroatoms. The fourth-order valence-electron chi connectivity index (χ4n) is 0.539. The zero-order valence-electron chi connectivity index (χ0n) is 6.25. The van der Waals surface area contributed by atoms with Crippen LogP contribution in [0.3, 0.4) is 0 Å². The summed E-state index contributed by atoms with van der Waals surface area (Å²) < 4.78 is 9.95. The lowest BCUT2D eigenvalue weighted by Gasteiger charge is -2.13. The summed E-state index contributed by atoms with van der Waals surface area (Å²) in [5.74, 6) is 0. The van der Waals surface area contributed by atoms with E-state index in [1.54, 1.807) is 0 Å². The molecule has 0 fully saturated rings. The Balaban J connectivity index is 3.21. The normalized spacial score (nSPS) is 13.5. The van der Waals surface area contributed by atoms with E-state index in [2.05, 4.69) is 0 Å². The number of nitrogens with two attached hydrogens (primary N) is 1. The van der Waals surface area contributed by atoms with Gasteiger partial charge in [-0.2, -0.15) is 0 Å². The molecule has 0 aromatic rings. The van der Waals surface area contributed by atoms with Gasteiger partial charge in [-0.25, -0.2) is 0 Å². The smallest absolute Gasteiger partial charge is 0.180 e. The molecule has 0 radical (unpaired) electrons. The van der Waals surface area contributed by atoms with Crippen LogP contribution in [0.5, 0.6) is 0 Å². The van der Waals surface area contributed by atoms with Gasteiger partial charge in [0.1, 0.15) is 0 Å². The summed E-state index contributed by atoms with van der Waals surface area (Å²) in [6.07, 6.45) is -0.506. The SMILES string of the molecule is CCOC(CO)OCCN. The van der Waals surface area contributed by atoms with E-state index >= 15 is 0 Å². The van der Waals surface area contributed by atoms with Crippen LogP contribution in [0.2, 0.25) is 0 Å². The van der Waals surface area contributed by atoms with E-state index in [1.165, 1.54) is 0 Å². The predicted octanol–water partition coefficient (Wildman–Crippen LogP) is -0.683. The molecule has 0 saturated heterocycles. The van der Waals surface area contributed by atoms with E-state index in [4.69, 9.17) is 20.3 Å². The van der Waals surface area contributed by atoms with Crippen LogP contribution in [0.25, 0.3) is 0 Å². The molecule has 0 saturated carbocycles. The van der Waals surface area contributed by atoms with Gasteiger partial charge in [0, 0.05) is 13.2 Å². The number of rotatable bonds is 6. The molecule has 0 heterocycles. The van der Waals surface area contributed by atoms with Crippen molar-refractivity contribution in [3.05, 3.63) is 0 Å². The Morgan fingerprint density at radius 3 is 2.60 bits per heavy atom. The van der Waals surface area contributed by atoms with Gasteiger partial charge in [-0.15, -0.1) is 0 Å². The number of aliphatic hydroxyl groups excluding tert-OH is 1. The van der Waals surface area contributed by atoms with Gasteiger partial charge in [0.05, 0.1) is 13.2 Å². The third-order valence-corrected chi connectivity index (χ3v) is 0.923. The third-order valence-electron chi connectivity index (χ3n) is 0.923. The quantitative estimate of drug-likeness (QED) is 0.491. The van der Waals surface area contributed by atoms with Crippen molar-refractivity contribution in [2.75, 3.05) is 26.4 Å². The molecule has 0 spiro atoms. The van der Waals surface area contributed by atoms with Crippen molar-refractivity contribution in [2.45, 2.75) is 13.2 Å². The third kappa shape index (κ3) is 4.69. The van der Waals surface area contributed by atoms with Gasteiger partial charge in [0.25, 0.3) is 0 Å². The lowest BCUT2D eigenvalue weighted by molar-refractivity contribution is -0.157. The molecular weight excluding hydrogens is 134 g/mol. The summed E-state index contributed by atoms with van der Waals surface area (Å²) in [7, 11) is 0. The second-order valence-electron chi connectivity index (χ2n) is 1.73. The summed E-state index contributed by atoms with van der Waals surface area (Å²) in [5.41, 5.74) is 5.17. The van der Waals surface area contributed by atoms with Crippen molar-refractivity contribution in [3.63, 3.8) is 0 Å². The second-order valence-corrected chi connectivity index (χ2v) is 1.73. The molecule has 0 aliphatic carbocycles. The van der Waals surface area contributed by atoms with E-state index in [0.717, 1.165) is 0 Å². The fraction of sp³-hybridized carbons (Fsp3) is 1.00. The van der Waals surface area contributed by atoms with Crippen LogP contribution < -0.4 is 5.73 Å². The highest BCUT2D eigenvalue weighted by atomic mass is 16.7. The van der Waals surface area contributed by atoms with E-state index in [1.807, 2.05) is 6.92 Å². The molecule has 0 aliphatic rings. The van der Waals surface area contributed by atoms with Gasteiger partial charge >= 0.3 is 0 Å². The summed E-state index contributed by atoms with van der Waals surface area (Å²) in [4.78, 5) is 0. The van der Waals surface area contributed by atoms with Gasteiger partial charge in [-0.1, -0.05) is 0 Å². The average molecular weight is 149 g/mol. The maximum Gasteiger partial charge on any atom is 0.180 e. The van der Waals surface area contributed by atoms with Crippen LogP contribution in [0.15, 0.2) is 0 Å². The Hall–Kier alpha value is -0.160. The highest BCUT2D eigenvalue weighted by Crippen LogP contribution is 1.91. The molecule has 4 nitrogen and oxygen atoms in total. The van der Waals surface area contributed by atoms with Crippen LogP contribution in [-0.2, 0) is 9.47 Å². The Morgan fingerprint density at radius 1 is 1.50 bits per heavy atom. The van der Waals surface area contributed by atoms with Gasteiger partial charge in [-0.05, 0) is 6.92 Å². The van der Waals surface area contributed by atoms with Crippen molar-refractivity contribution in [2.24, 2.45) is 5.73 Å². The zero-order chi connectivity index (χ0) is 7.82. The first kappa shape index (κ1) is 9.84. The minimum atomic E-state index is -0.506. The highest BCUT2D eigenvalue weighted by molar-refractivity contribution is 4.39. The Morgan fingerprint density at radius 2 is 2.20 bits per heavy atom. The van der Waals surface area contributed by atoms with Crippen molar-refractivity contribution in [1.82, 2.24) is 0 Å². The van der Waals surface area contributed by atoms with Gasteiger partial charge < -0.3 is 20.3 Å². The molecule has 0 rings (SSSR count). The van der Waals surface area contributed by atoms with Crippen molar-refractivity contribution < 1.29 is 14.6 Å². The number of hydrogen-bond acceptors (Lipinski definition) is 4. The van der Waals surface area contributed by atoms with Gasteiger partial charge in [-0.3, -0.25) is 0 Å². The summed E-state index contributed by atoms with van der Waals surface area (Å²) in [5, 5.41) is 8.59. The van der Waals surface area contributed by atoms with E-state index in [0.29, 0.717) is 19.8 Å². The first-order valence-corrected chi connectivity index (χ1v) is 3.39. The largest absolute Gasteiger partial charge is 0.391 e. The average Bonchev–Trinajstić information content (AvgIpc) is 1.98. The number of ether oxygens (including phenoxy) is 2. The highest BCUT2D eigenvalue weighted by Gasteiger charge is 2.04. The molecule has 3 N–H and O–H groups in total. The lowest BCUT2D eigenvalue weighted by Crippen LogP contribution is -2.24. The number of hydrogen-bond donors (Lipinski definition) is 2. The molecule has 0 aliphatic heterocycles.